The van der Waals surface area contributed by atoms with E-state index in [4.69, 9.17) is 11.6 Å². The van der Waals surface area contributed by atoms with Crippen LogP contribution in [0.2, 0.25) is 5.02 Å². The highest BCUT2D eigenvalue weighted by atomic mass is 35.5. The molecule has 1 aromatic carbocycles. The van der Waals surface area contributed by atoms with Gasteiger partial charge in [0.1, 0.15) is 0 Å². The van der Waals surface area contributed by atoms with Gasteiger partial charge >= 0.3 is 0 Å². The van der Waals surface area contributed by atoms with E-state index in [9.17, 15) is 0 Å². The van der Waals surface area contributed by atoms with Crippen LogP contribution in [0.3, 0.4) is 0 Å². The standard InChI is InChI=1S/C12H12ClN2/c1-2-6-14-11-5-7-15-12-8-9(13)3-4-10(11)12/h3-5,7-8H,1-2,6H2,(H,14,15). The number of rotatable bonds is 3. The molecule has 77 valence electrons. The van der Waals surface area contributed by atoms with Gasteiger partial charge in [0.05, 0.1) is 5.52 Å². The monoisotopic (exact) mass is 219 g/mol. The quantitative estimate of drug-likeness (QED) is 0.855. The van der Waals surface area contributed by atoms with E-state index in [-0.39, 0.29) is 0 Å². The Morgan fingerprint density at radius 2 is 2.20 bits per heavy atom. The first-order valence-corrected chi connectivity index (χ1v) is 5.26. The Morgan fingerprint density at radius 3 is 3.00 bits per heavy atom. The van der Waals surface area contributed by atoms with Gasteiger partial charge in [-0.15, -0.1) is 0 Å². The van der Waals surface area contributed by atoms with Crippen LogP contribution >= 0.6 is 11.6 Å². The Hall–Kier alpha value is -1.28. The second-order valence-corrected chi connectivity index (χ2v) is 3.74. The molecule has 1 heterocycles. The van der Waals surface area contributed by atoms with Crippen molar-refractivity contribution >= 4 is 28.2 Å². The maximum absolute atomic E-state index is 5.90. The van der Waals surface area contributed by atoms with Crippen molar-refractivity contribution in [2.45, 2.75) is 6.42 Å². The minimum atomic E-state index is 0.712. The van der Waals surface area contributed by atoms with Gasteiger partial charge in [-0.25, -0.2) is 0 Å². The van der Waals surface area contributed by atoms with Crippen LogP contribution in [-0.2, 0) is 0 Å². The average molecular weight is 220 g/mol. The normalized spacial score (nSPS) is 10.5. The molecular formula is C12H12ClN2. The second kappa shape index (κ2) is 4.49. The van der Waals surface area contributed by atoms with Crippen molar-refractivity contribution in [3.8, 4) is 0 Å². The molecule has 0 atom stereocenters. The van der Waals surface area contributed by atoms with Gasteiger partial charge in [-0.2, -0.15) is 0 Å². The van der Waals surface area contributed by atoms with E-state index < -0.39 is 0 Å². The third-order valence-corrected chi connectivity index (χ3v) is 2.43. The summed E-state index contributed by atoms with van der Waals surface area (Å²) < 4.78 is 0. The number of hydrogen-bond acceptors (Lipinski definition) is 2. The lowest BCUT2D eigenvalue weighted by Gasteiger charge is -2.07. The summed E-state index contributed by atoms with van der Waals surface area (Å²) in [6.07, 6.45) is 2.64. The highest BCUT2D eigenvalue weighted by molar-refractivity contribution is 6.31. The fourth-order valence-electron chi connectivity index (χ4n) is 1.50. The molecule has 0 unspecified atom stereocenters. The van der Waals surface area contributed by atoms with Gasteiger partial charge in [0, 0.05) is 28.8 Å². The predicted molar refractivity (Wildman–Crippen MR) is 65.2 cm³/mol. The number of halogens is 1. The molecule has 0 aliphatic rings. The van der Waals surface area contributed by atoms with Crippen LogP contribution < -0.4 is 5.32 Å². The molecule has 1 aromatic heterocycles. The topological polar surface area (TPSA) is 24.9 Å². The lowest BCUT2D eigenvalue weighted by molar-refractivity contribution is 1.07. The number of benzene rings is 1. The summed E-state index contributed by atoms with van der Waals surface area (Å²) >= 11 is 5.90. The van der Waals surface area contributed by atoms with Crippen LogP contribution in [0.1, 0.15) is 6.42 Å². The van der Waals surface area contributed by atoms with Crippen LogP contribution in [0.25, 0.3) is 10.9 Å². The van der Waals surface area contributed by atoms with Gasteiger partial charge in [-0.1, -0.05) is 18.5 Å². The van der Waals surface area contributed by atoms with E-state index in [1.165, 1.54) is 0 Å². The maximum Gasteiger partial charge on any atom is 0.0737 e. The molecule has 2 rings (SSSR count). The van der Waals surface area contributed by atoms with E-state index in [1.807, 2.05) is 24.3 Å². The SMILES string of the molecule is [CH2]CCNc1ccnc2cc(Cl)ccc12. The first kappa shape index (κ1) is 10.2. The highest BCUT2D eigenvalue weighted by Crippen LogP contribution is 2.24. The summed E-state index contributed by atoms with van der Waals surface area (Å²) in [7, 11) is 0. The Balaban J connectivity index is 2.46. The van der Waals surface area contributed by atoms with E-state index in [0.717, 1.165) is 29.6 Å². The zero-order valence-electron chi connectivity index (χ0n) is 8.33. The van der Waals surface area contributed by atoms with E-state index in [0.29, 0.717) is 5.02 Å². The van der Waals surface area contributed by atoms with Crippen LogP contribution in [-0.4, -0.2) is 11.5 Å². The summed E-state index contributed by atoms with van der Waals surface area (Å²) in [5.74, 6) is 0. The van der Waals surface area contributed by atoms with Crippen LogP contribution in [0.4, 0.5) is 5.69 Å². The molecular weight excluding hydrogens is 208 g/mol. The van der Waals surface area contributed by atoms with E-state index in [2.05, 4.69) is 17.2 Å². The lowest BCUT2D eigenvalue weighted by Crippen LogP contribution is -2.00. The van der Waals surface area contributed by atoms with Crippen molar-refractivity contribution in [3.05, 3.63) is 42.4 Å². The van der Waals surface area contributed by atoms with E-state index >= 15 is 0 Å². The molecule has 1 N–H and O–H groups in total. The van der Waals surface area contributed by atoms with Crippen LogP contribution in [0.5, 0.6) is 0 Å². The minimum absolute atomic E-state index is 0.712. The molecule has 0 saturated heterocycles. The summed E-state index contributed by atoms with van der Waals surface area (Å²) in [4.78, 5) is 4.27. The molecule has 0 fully saturated rings. The second-order valence-electron chi connectivity index (χ2n) is 3.30. The van der Waals surface area contributed by atoms with Gasteiger partial charge < -0.3 is 5.32 Å². The maximum atomic E-state index is 5.90. The first-order chi connectivity index (χ1) is 7.31. The molecule has 0 amide bonds. The molecule has 0 aliphatic heterocycles. The predicted octanol–water partition coefficient (Wildman–Crippen LogP) is 3.52. The van der Waals surface area contributed by atoms with Crippen molar-refractivity contribution in [3.63, 3.8) is 0 Å². The number of nitrogens with zero attached hydrogens (tertiary/aromatic N) is 1. The average Bonchev–Trinajstić information content (AvgIpc) is 2.25. The number of aromatic nitrogens is 1. The molecule has 0 bridgehead atoms. The lowest BCUT2D eigenvalue weighted by atomic mass is 10.2. The summed E-state index contributed by atoms with van der Waals surface area (Å²) in [5.41, 5.74) is 2.00. The van der Waals surface area contributed by atoms with Gasteiger partial charge in [0.15, 0.2) is 0 Å². The fraction of sp³-hybridized carbons (Fsp3) is 0.167. The third kappa shape index (κ3) is 2.21. The number of nitrogens with one attached hydrogen (secondary N) is 1. The minimum Gasteiger partial charge on any atom is -0.384 e. The van der Waals surface area contributed by atoms with Crippen molar-refractivity contribution < 1.29 is 0 Å². The smallest absolute Gasteiger partial charge is 0.0737 e. The van der Waals surface area contributed by atoms with Crippen molar-refractivity contribution in [1.82, 2.24) is 4.98 Å². The fourth-order valence-corrected chi connectivity index (χ4v) is 1.66. The molecule has 0 aliphatic carbocycles. The van der Waals surface area contributed by atoms with Crippen molar-refractivity contribution in [2.75, 3.05) is 11.9 Å². The van der Waals surface area contributed by atoms with Gasteiger partial charge in [-0.3, -0.25) is 4.98 Å². The Morgan fingerprint density at radius 1 is 1.33 bits per heavy atom. The Bertz CT molecular complexity index is 468. The zero-order chi connectivity index (χ0) is 10.7. The molecule has 15 heavy (non-hydrogen) atoms. The van der Waals surface area contributed by atoms with Gasteiger partial charge in [0.25, 0.3) is 0 Å². The number of pyridine rings is 1. The van der Waals surface area contributed by atoms with Crippen LogP contribution in [0.15, 0.2) is 30.5 Å². The molecule has 3 heteroatoms. The highest BCUT2D eigenvalue weighted by Gasteiger charge is 2.01. The van der Waals surface area contributed by atoms with Gasteiger partial charge in [0.2, 0.25) is 0 Å². The molecule has 0 spiro atoms. The van der Waals surface area contributed by atoms with Crippen LogP contribution in [0, 0.1) is 6.92 Å². The van der Waals surface area contributed by atoms with E-state index in [1.54, 1.807) is 6.20 Å². The zero-order valence-corrected chi connectivity index (χ0v) is 9.09. The number of anilines is 1. The van der Waals surface area contributed by atoms with Crippen molar-refractivity contribution in [1.29, 1.82) is 0 Å². The molecule has 2 nitrogen and oxygen atoms in total. The molecule has 1 radical (unpaired) electrons. The Labute approximate surface area is 94.3 Å². The Kier molecular flexibility index (Phi) is 3.07. The van der Waals surface area contributed by atoms with Gasteiger partial charge in [-0.05, 0) is 30.7 Å². The summed E-state index contributed by atoms with van der Waals surface area (Å²) in [5, 5.41) is 5.12. The molecule has 0 saturated carbocycles. The first-order valence-electron chi connectivity index (χ1n) is 4.88. The number of fused-ring (bicyclic) bond motifs is 1. The van der Waals surface area contributed by atoms with Crippen molar-refractivity contribution in [2.24, 2.45) is 0 Å². The third-order valence-electron chi connectivity index (χ3n) is 2.20. The summed E-state index contributed by atoms with van der Waals surface area (Å²) in [6.45, 7) is 4.66. The molecule has 2 aromatic rings. The number of hydrogen-bond donors (Lipinski definition) is 1. The summed E-state index contributed by atoms with van der Waals surface area (Å²) in [6, 6.07) is 7.69. The largest absolute Gasteiger partial charge is 0.384 e.